The van der Waals surface area contributed by atoms with Crippen molar-refractivity contribution >= 4 is 23.0 Å². The topological polar surface area (TPSA) is 43.2 Å². The van der Waals surface area contributed by atoms with Gasteiger partial charge >= 0.3 is 0 Å². The third kappa shape index (κ3) is 4.75. The summed E-state index contributed by atoms with van der Waals surface area (Å²) >= 11 is 1.63. The molecule has 4 rings (SSSR count). The van der Waals surface area contributed by atoms with E-state index in [1.54, 1.807) is 11.9 Å². The Bertz CT molecular complexity index is 1140. The van der Waals surface area contributed by atoms with Crippen molar-refractivity contribution in [1.82, 2.24) is 18.8 Å². The molecule has 6 heteroatoms. The summed E-state index contributed by atoms with van der Waals surface area (Å²) in [4.78, 5) is 11.9. The monoisotopic (exact) mass is 432 g/mol. The van der Waals surface area contributed by atoms with Gasteiger partial charge in [-0.15, -0.1) is 0 Å². The quantitative estimate of drug-likeness (QED) is 0.353. The van der Waals surface area contributed by atoms with Crippen LogP contribution in [0.5, 0.6) is 5.75 Å². The maximum absolute atomic E-state index is 6.19. The molecule has 31 heavy (non-hydrogen) atoms. The first-order valence-corrected chi connectivity index (χ1v) is 11.8. The molecule has 0 N–H and O–H groups in total. The zero-order valence-corrected chi connectivity index (χ0v) is 19.1. The van der Waals surface area contributed by atoms with Crippen molar-refractivity contribution in [1.29, 1.82) is 0 Å². The minimum absolute atomic E-state index is 0.629. The van der Waals surface area contributed by atoms with Crippen LogP contribution < -0.4 is 4.74 Å². The molecular formula is C25H28N4OS. The third-order valence-corrected chi connectivity index (χ3v) is 6.16. The molecule has 4 aromatic rings. The van der Waals surface area contributed by atoms with Crippen LogP contribution in [0.3, 0.4) is 0 Å². The van der Waals surface area contributed by atoms with Gasteiger partial charge in [0.25, 0.3) is 0 Å². The summed E-state index contributed by atoms with van der Waals surface area (Å²) in [5.74, 6) is 1.72. The van der Waals surface area contributed by atoms with Gasteiger partial charge in [-0.25, -0.2) is 4.98 Å². The van der Waals surface area contributed by atoms with Gasteiger partial charge in [-0.3, -0.25) is 13.9 Å². The lowest BCUT2D eigenvalue weighted by Gasteiger charge is -2.21. The van der Waals surface area contributed by atoms with Gasteiger partial charge < -0.3 is 4.74 Å². The molecule has 0 saturated carbocycles. The molecule has 2 aromatic heterocycles. The summed E-state index contributed by atoms with van der Waals surface area (Å²) in [7, 11) is 0. The number of rotatable bonds is 9. The zero-order chi connectivity index (χ0) is 21.6. The molecule has 0 aliphatic rings. The molecule has 0 unspecified atom stereocenters. The Morgan fingerprint density at radius 3 is 2.58 bits per heavy atom. The molecule has 0 fully saturated rings. The van der Waals surface area contributed by atoms with E-state index < -0.39 is 0 Å². The number of para-hydroxylation sites is 2. The van der Waals surface area contributed by atoms with Crippen molar-refractivity contribution in [3.8, 4) is 17.3 Å². The fourth-order valence-corrected chi connectivity index (χ4v) is 4.36. The molecular weight excluding hydrogens is 404 g/mol. The van der Waals surface area contributed by atoms with Crippen LogP contribution in [0.4, 0.5) is 0 Å². The Hall–Kier alpha value is -2.83. The van der Waals surface area contributed by atoms with Gasteiger partial charge in [-0.2, -0.15) is 0 Å². The second-order valence-electron chi connectivity index (χ2n) is 7.39. The molecule has 160 valence electrons. The number of ether oxygens (including phenoxy) is 1. The van der Waals surface area contributed by atoms with E-state index in [0.717, 1.165) is 53.5 Å². The van der Waals surface area contributed by atoms with E-state index in [1.165, 1.54) is 5.56 Å². The fraction of sp³-hybridized carbons (Fsp3) is 0.280. The molecule has 0 aliphatic carbocycles. The van der Waals surface area contributed by atoms with Crippen molar-refractivity contribution < 1.29 is 4.74 Å². The summed E-state index contributed by atoms with van der Waals surface area (Å²) in [5, 5.41) is 0. The molecule has 5 nitrogen and oxygen atoms in total. The van der Waals surface area contributed by atoms with Crippen LogP contribution in [-0.2, 0) is 6.54 Å². The van der Waals surface area contributed by atoms with E-state index in [9.17, 15) is 0 Å². The van der Waals surface area contributed by atoms with Crippen molar-refractivity contribution in [2.45, 2.75) is 20.4 Å². The number of hydrogen-bond donors (Lipinski definition) is 0. The Morgan fingerprint density at radius 2 is 1.81 bits per heavy atom. The van der Waals surface area contributed by atoms with Gasteiger partial charge in [0.15, 0.2) is 5.82 Å². The zero-order valence-electron chi connectivity index (χ0n) is 18.3. The van der Waals surface area contributed by atoms with Gasteiger partial charge in [-0.1, -0.05) is 49.4 Å². The highest BCUT2D eigenvalue weighted by molar-refractivity contribution is 7.97. The van der Waals surface area contributed by atoms with Gasteiger partial charge in [0, 0.05) is 31.1 Å². The SMILES string of the molecule is CCN(CCOc1ccnc(-c2nc3ccccc3n2SC)c1C)Cc1ccccc1. The number of pyridine rings is 1. The maximum atomic E-state index is 6.19. The summed E-state index contributed by atoms with van der Waals surface area (Å²) < 4.78 is 8.32. The second-order valence-corrected chi connectivity index (χ2v) is 8.12. The highest BCUT2D eigenvalue weighted by Crippen LogP contribution is 2.32. The predicted octanol–water partition coefficient (Wildman–Crippen LogP) is 5.43. The molecule has 0 atom stereocenters. The predicted molar refractivity (Wildman–Crippen MR) is 130 cm³/mol. The maximum Gasteiger partial charge on any atom is 0.170 e. The van der Waals surface area contributed by atoms with E-state index in [1.807, 2.05) is 30.5 Å². The Kier molecular flexibility index (Phi) is 6.89. The van der Waals surface area contributed by atoms with Gasteiger partial charge in [-0.05, 0) is 49.2 Å². The van der Waals surface area contributed by atoms with E-state index in [2.05, 4.69) is 70.4 Å². The van der Waals surface area contributed by atoms with Crippen LogP contribution in [0, 0.1) is 6.92 Å². The molecule has 0 saturated heterocycles. The molecule has 0 aliphatic heterocycles. The number of imidazole rings is 1. The minimum atomic E-state index is 0.629. The number of aromatic nitrogens is 3. The van der Waals surface area contributed by atoms with E-state index in [-0.39, 0.29) is 0 Å². The Labute approximate surface area is 188 Å². The van der Waals surface area contributed by atoms with E-state index in [0.29, 0.717) is 6.61 Å². The molecule has 0 amide bonds. The minimum Gasteiger partial charge on any atom is -0.492 e. The first-order chi connectivity index (χ1) is 15.2. The average molecular weight is 433 g/mol. The smallest absolute Gasteiger partial charge is 0.170 e. The molecule has 2 aromatic carbocycles. The van der Waals surface area contributed by atoms with Gasteiger partial charge in [0.05, 0.1) is 11.0 Å². The average Bonchev–Trinajstić information content (AvgIpc) is 3.18. The van der Waals surface area contributed by atoms with Gasteiger partial charge in [0.2, 0.25) is 0 Å². The Balaban J connectivity index is 1.49. The number of likely N-dealkylation sites (N-methyl/N-ethyl adjacent to an activating group) is 1. The first kappa shape index (κ1) is 21.4. The third-order valence-electron chi connectivity index (χ3n) is 5.43. The van der Waals surface area contributed by atoms with Gasteiger partial charge in [0.1, 0.15) is 18.1 Å². The molecule has 0 spiro atoms. The van der Waals surface area contributed by atoms with Crippen molar-refractivity contribution in [2.75, 3.05) is 26.0 Å². The van der Waals surface area contributed by atoms with Crippen LogP contribution >= 0.6 is 11.9 Å². The van der Waals surface area contributed by atoms with Crippen molar-refractivity contribution in [2.24, 2.45) is 0 Å². The van der Waals surface area contributed by atoms with Crippen LogP contribution in [0.15, 0.2) is 66.9 Å². The van der Waals surface area contributed by atoms with Crippen molar-refractivity contribution in [3.05, 3.63) is 78.0 Å². The molecule has 0 radical (unpaired) electrons. The highest BCUT2D eigenvalue weighted by Gasteiger charge is 2.17. The standard InChI is InChI=1S/C25H28N4OS/c1-4-28(18-20-10-6-5-7-11-20)16-17-30-23-14-15-26-24(19(23)2)25-27-21-12-8-9-13-22(21)29(25)31-3/h5-15H,4,16-18H2,1-3H3. The van der Waals surface area contributed by atoms with E-state index in [4.69, 9.17) is 9.72 Å². The van der Waals surface area contributed by atoms with Crippen LogP contribution in [0.1, 0.15) is 18.1 Å². The number of hydrogen-bond acceptors (Lipinski definition) is 5. The lowest BCUT2D eigenvalue weighted by molar-refractivity contribution is 0.209. The van der Waals surface area contributed by atoms with E-state index >= 15 is 0 Å². The summed E-state index contributed by atoms with van der Waals surface area (Å²) in [6, 6.07) is 20.7. The van der Waals surface area contributed by atoms with Crippen molar-refractivity contribution in [3.63, 3.8) is 0 Å². The molecule has 2 heterocycles. The summed E-state index contributed by atoms with van der Waals surface area (Å²) in [6.07, 6.45) is 3.86. The number of nitrogens with zero attached hydrogens (tertiary/aromatic N) is 4. The summed E-state index contributed by atoms with van der Waals surface area (Å²) in [5.41, 5.74) is 5.26. The second kappa shape index (κ2) is 9.98. The number of fused-ring (bicyclic) bond motifs is 1. The normalized spacial score (nSPS) is 11.4. The fourth-order valence-electron chi connectivity index (χ4n) is 3.71. The Morgan fingerprint density at radius 1 is 1.03 bits per heavy atom. The molecule has 0 bridgehead atoms. The first-order valence-electron chi connectivity index (χ1n) is 10.6. The van der Waals surface area contributed by atoms with Crippen LogP contribution in [0.25, 0.3) is 22.6 Å². The largest absolute Gasteiger partial charge is 0.492 e. The summed E-state index contributed by atoms with van der Waals surface area (Å²) in [6.45, 7) is 7.65. The number of benzene rings is 2. The highest BCUT2D eigenvalue weighted by atomic mass is 32.2. The van der Waals surface area contributed by atoms with Crippen LogP contribution in [0.2, 0.25) is 0 Å². The lowest BCUT2D eigenvalue weighted by atomic mass is 10.2. The van der Waals surface area contributed by atoms with Crippen LogP contribution in [-0.4, -0.2) is 44.8 Å². The lowest BCUT2D eigenvalue weighted by Crippen LogP contribution is -2.28.